The van der Waals surface area contributed by atoms with E-state index in [1.165, 1.54) is 6.07 Å². The standard InChI is InChI=1S/C17H16FNO/c1-11-7-12(2)16(15(18)8-11)17(3,20)14-6-4-5-13(9-14)10-19/h4-9,20H,1-3H3. The minimum atomic E-state index is -1.48. The summed E-state index contributed by atoms with van der Waals surface area (Å²) >= 11 is 0. The van der Waals surface area contributed by atoms with Crippen LogP contribution in [0.4, 0.5) is 4.39 Å². The van der Waals surface area contributed by atoms with Gasteiger partial charge in [0.15, 0.2) is 0 Å². The van der Waals surface area contributed by atoms with Gasteiger partial charge in [0.1, 0.15) is 11.4 Å². The Kier molecular flexibility index (Phi) is 3.61. The fourth-order valence-electron chi connectivity index (χ4n) is 2.57. The number of nitrogens with zero attached hydrogens (tertiary/aromatic N) is 1. The van der Waals surface area contributed by atoms with Crippen LogP contribution in [0.15, 0.2) is 36.4 Å². The maximum absolute atomic E-state index is 14.2. The van der Waals surface area contributed by atoms with Gasteiger partial charge < -0.3 is 5.11 Å². The van der Waals surface area contributed by atoms with Crippen LogP contribution >= 0.6 is 0 Å². The smallest absolute Gasteiger partial charge is 0.130 e. The molecule has 0 aliphatic heterocycles. The number of benzene rings is 2. The van der Waals surface area contributed by atoms with Gasteiger partial charge in [-0.15, -0.1) is 0 Å². The molecular formula is C17H16FNO. The van der Waals surface area contributed by atoms with Gasteiger partial charge in [0, 0.05) is 5.56 Å². The topological polar surface area (TPSA) is 44.0 Å². The first kappa shape index (κ1) is 14.2. The third kappa shape index (κ3) is 2.43. The van der Waals surface area contributed by atoms with E-state index in [1.54, 1.807) is 38.1 Å². The van der Waals surface area contributed by atoms with Gasteiger partial charge in [-0.25, -0.2) is 4.39 Å². The van der Waals surface area contributed by atoms with Gasteiger partial charge in [-0.3, -0.25) is 0 Å². The molecule has 1 atom stereocenters. The van der Waals surface area contributed by atoms with Crippen LogP contribution in [-0.4, -0.2) is 5.11 Å². The van der Waals surface area contributed by atoms with Crippen LogP contribution < -0.4 is 0 Å². The molecule has 1 unspecified atom stereocenters. The largest absolute Gasteiger partial charge is 0.381 e. The number of aliphatic hydroxyl groups is 1. The highest BCUT2D eigenvalue weighted by Crippen LogP contribution is 2.34. The Balaban J connectivity index is 2.63. The van der Waals surface area contributed by atoms with Crippen molar-refractivity contribution < 1.29 is 9.50 Å². The zero-order chi connectivity index (χ0) is 14.9. The van der Waals surface area contributed by atoms with Crippen molar-refractivity contribution in [3.05, 3.63) is 70.0 Å². The molecule has 0 saturated heterocycles. The molecule has 0 aliphatic rings. The van der Waals surface area contributed by atoms with Crippen LogP contribution in [0, 0.1) is 31.0 Å². The molecule has 102 valence electrons. The molecule has 2 aromatic carbocycles. The minimum Gasteiger partial charge on any atom is -0.381 e. The third-order valence-corrected chi connectivity index (χ3v) is 3.47. The van der Waals surface area contributed by atoms with E-state index < -0.39 is 11.4 Å². The van der Waals surface area contributed by atoms with Gasteiger partial charge in [0.05, 0.1) is 11.6 Å². The van der Waals surface area contributed by atoms with Crippen molar-refractivity contribution >= 4 is 0 Å². The van der Waals surface area contributed by atoms with Crippen LogP contribution in [0.25, 0.3) is 0 Å². The normalized spacial score (nSPS) is 13.6. The minimum absolute atomic E-state index is 0.248. The predicted molar refractivity (Wildman–Crippen MR) is 75.7 cm³/mol. The number of hydrogen-bond donors (Lipinski definition) is 1. The summed E-state index contributed by atoms with van der Waals surface area (Å²) in [5, 5.41) is 19.7. The van der Waals surface area contributed by atoms with Gasteiger partial charge in [-0.05, 0) is 55.7 Å². The highest BCUT2D eigenvalue weighted by atomic mass is 19.1. The molecular weight excluding hydrogens is 253 g/mol. The average Bonchev–Trinajstić information content (AvgIpc) is 2.37. The van der Waals surface area contributed by atoms with E-state index >= 15 is 0 Å². The van der Waals surface area contributed by atoms with E-state index in [9.17, 15) is 9.50 Å². The van der Waals surface area contributed by atoms with Crippen molar-refractivity contribution in [2.24, 2.45) is 0 Å². The number of aryl methyl sites for hydroxylation is 2. The van der Waals surface area contributed by atoms with Gasteiger partial charge in [0.25, 0.3) is 0 Å². The zero-order valence-electron chi connectivity index (χ0n) is 11.7. The van der Waals surface area contributed by atoms with Crippen molar-refractivity contribution in [1.82, 2.24) is 0 Å². The van der Waals surface area contributed by atoms with Crippen LogP contribution in [0.3, 0.4) is 0 Å². The molecule has 0 amide bonds. The molecule has 2 rings (SSSR count). The predicted octanol–water partition coefficient (Wildman–Crippen LogP) is 3.57. The van der Waals surface area contributed by atoms with Crippen LogP contribution in [-0.2, 0) is 5.60 Å². The van der Waals surface area contributed by atoms with Gasteiger partial charge in [0.2, 0.25) is 0 Å². The molecule has 0 spiro atoms. The number of halogens is 1. The summed E-state index contributed by atoms with van der Waals surface area (Å²) < 4.78 is 14.2. The molecule has 2 nitrogen and oxygen atoms in total. The first-order chi connectivity index (χ1) is 9.36. The molecule has 0 saturated carbocycles. The van der Waals surface area contributed by atoms with Crippen LogP contribution in [0.1, 0.15) is 34.7 Å². The summed E-state index contributed by atoms with van der Waals surface area (Å²) in [5.74, 6) is -0.435. The first-order valence-electron chi connectivity index (χ1n) is 6.36. The van der Waals surface area contributed by atoms with Gasteiger partial charge in [-0.2, -0.15) is 5.26 Å². The summed E-state index contributed by atoms with van der Waals surface area (Å²) in [6.45, 7) is 5.13. The molecule has 0 radical (unpaired) electrons. The van der Waals surface area contributed by atoms with Crippen molar-refractivity contribution in [3.8, 4) is 6.07 Å². The Hall–Kier alpha value is -2.18. The Bertz CT molecular complexity index is 675. The summed E-state index contributed by atoms with van der Waals surface area (Å²) in [4.78, 5) is 0. The Morgan fingerprint density at radius 1 is 1.20 bits per heavy atom. The van der Waals surface area contributed by atoms with Crippen molar-refractivity contribution in [2.45, 2.75) is 26.4 Å². The number of hydrogen-bond acceptors (Lipinski definition) is 2. The second-order valence-corrected chi connectivity index (χ2v) is 5.20. The number of rotatable bonds is 2. The Morgan fingerprint density at radius 3 is 2.50 bits per heavy atom. The van der Waals surface area contributed by atoms with E-state index in [0.29, 0.717) is 16.7 Å². The summed E-state index contributed by atoms with van der Waals surface area (Å²) in [7, 11) is 0. The summed E-state index contributed by atoms with van der Waals surface area (Å²) in [6.07, 6.45) is 0. The first-order valence-corrected chi connectivity index (χ1v) is 6.36. The molecule has 1 N–H and O–H groups in total. The third-order valence-electron chi connectivity index (χ3n) is 3.47. The van der Waals surface area contributed by atoms with E-state index in [2.05, 4.69) is 0 Å². The van der Waals surface area contributed by atoms with Crippen molar-refractivity contribution in [3.63, 3.8) is 0 Å². The second-order valence-electron chi connectivity index (χ2n) is 5.20. The lowest BCUT2D eigenvalue weighted by Crippen LogP contribution is -2.26. The highest BCUT2D eigenvalue weighted by Gasteiger charge is 2.30. The van der Waals surface area contributed by atoms with E-state index in [4.69, 9.17) is 5.26 Å². The lowest BCUT2D eigenvalue weighted by atomic mass is 9.84. The van der Waals surface area contributed by atoms with Crippen molar-refractivity contribution in [2.75, 3.05) is 0 Å². The molecule has 3 heteroatoms. The molecule has 0 bridgehead atoms. The fourth-order valence-corrected chi connectivity index (χ4v) is 2.57. The van der Waals surface area contributed by atoms with Gasteiger partial charge >= 0.3 is 0 Å². The number of nitriles is 1. The second kappa shape index (κ2) is 5.07. The Labute approximate surface area is 118 Å². The Morgan fingerprint density at radius 2 is 1.90 bits per heavy atom. The average molecular weight is 269 g/mol. The molecule has 0 heterocycles. The van der Waals surface area contributed by atoms with Crippen LogP contribution in [0.5, 0.6) is 0 Å². The van der Waals surface area contributed by atoms with Crippen LogP contribution in [0.2, 0.25) is 0 Å². The maximum Gasteiger partial charge on any atom is 0.130 e. The lowest BCUT2D eigenvalue weighted by Gasteiger charge is -2.27. The summed E-state index contributed by atoms with van der Waals surface area (Å²) in [5.41, 5.74) is 1.21. The lowest BCUT2D eigenvalue weighted by molar-refractivity contribution is 0.0971. The maximum atomic E-state index is 14.2. The fraction of sp³-hybridized carbons (Fsp3) is 0.235. The quantitative estimate of drug-likeness (QED) is 0.905. The molecule has 20 heavy (non-hydrogen) atoms. The van der Waals surface area contributed by atoms with E-state index in [0.717, 1.165) is 5.56 Å². The molecule has 0 fully saturated rings. The SMILES string of the molecule is Cc1cc(C)c(C(C)(O)c2cccc(C#N)c2)c(F)c1. The monoisotopic (exact) mass is 269 g/mol. The molecule has 0 aromatic heterocycles. The van der Waals surface area contributed by atoms with Gasteiger partial charge in [-0.1, -0.05) is 18.2 Å². The van der Waals surface area contributed by atoms with Crippen molar-refractivity contribution in [1.29, 1.82) is 5.26 Å². The zero-order valence-corrected chi connectivity index (χ0v) is 11.7. The van der Waals surface area contributed by atoms with E-state index in [-0.39, 0.29) is 5.56 Å². The highest BCUT2D eigenvalue weighted by molar-refractivity contribution is 5.45. The molecule has 0 aliphatic carbocycles. The molecule has 2 aromatic rings. The van der Waals surface area contributed by atoms with E-state index in [1.807, 2.05) is 19.1 Å². The summed E-state index contributed by atoms with van der Waals surface area (Å²) in [6, 6.07) is 11.9.